The Balaban J connectivity index is 2.33. The van der Waals surface area contributed by atoms with Gasteiger partial charge in [0.15, 0.2) is 6.10 Å². The van der Waals surface area contributed by atoms with E-state index in [1.165, 1.54) is 29.4 Å². The summed E-state index contributed by atoms with van der Waals surface area (Å²) in [4.78, 5) is 11.9. The van der Waals surface area contributed by atoms with Gasteiger partial charge in [-0.15, -0.1) is 0 Å². The summed E-state index contributed by atoms with van der Waals surface area (Å²) in [5.41, 5.74) is 0.0714. The maximum absolute atomic E-state index is 12.7. The minimum Gasteiger partial charge on any atom is -0.444 e. The van der Waals surface area contributed by atoms with E-state index in [0.717, 1.165) is 0 Å². The highest BCUT2D eigenvalue weighted by Crippen LogP contribution is 2.27. The van der Waals surface area contributed by atoms with E-state index in [4.69, 9.17) is 14.7 Å². The lowest BCUT2D eigenvalue weighted by Crippen LogP contribution is -2.40. The number of esters is 1. The molecule has 1 heterocycles. The van der Waals surface area contributed by atoms with Gasteiger partial charge in [-0.1, -0.05) is 0 Å². The molecule has 0 spiro atoms. The summed E-state index contributed by atoms with van der Waals surface area (Å²) >= 11 is 3.20. The molecular weight excluding hydrogens is 388 g/mol. The molecule has 0 unspecified atom stereocenters. The topological polar surface area (TPSA) is 96.7 Å². The Morgan fingerprint density at radius 1 is 1.43 bits per heavy atom. The van der Waals surface area contributed by atoms with Crippen LogP contribution in [0.4, 0.5) is 0 Å². The number of benzene rings is 1. The van der Waals surface area contributed by atoms with E-state index < -0.39 is 22.1 Å². The zero-order chi connectivity index (χ0) is 17.0. The first-order valence-corrected chi connectivity index (χ1v) is 9.07. The van der Waals surface area contributed by atoms with Crippen LogP contribution in [0.2, 0.25) is 0 Å². The van der Waals surface area contributed by atoms with Crippen molar-refractivity contribution < 1.29 is 22.7 Å². The highest BCUT2D eigenvalue weighted by Gasteiger charge is 2.29. The van der Waals surface area contributed by atoms with E-state index in [2.05, 4.69) is 15.9 Å². The lowest BCUT2D eigenvalue weighted by Gasteiger charge is -2.26. The Kier molecular flexibility index (Phi) is 5.75. The van der Waals surface area contributed by atoms with E-state index in [-0.39, 0.29) is 23.5 Å². The predicted molar refractivity (Wildman–Crippen MR) is 84.2 cm³/mol. The quantitative estimate of drug-likeness (QED) is 0.708. The van der Waals surface area contributed by atoms with Crippen LogP contribution >= 0.6 is 15.9 Å². The molecule has 9 heteroatoms. The molecule has 0 amide bonds. The fourth-order valence-corrected chi connectivity index (χ4v) is 4.37. The first kappa shape index (κ1) is 17.9. The molecule has 0 N–H and O–H groups in total. The van der Waals surface area contributed by atoms with Crippen molar-refractivity contribution in [3.05, 3.63) is 28.2 Å². The summed E-state index contributed by atoms with van der Waals surface area (Å²) in [6, 6.07) is 5.94. The summed E-state index contributed by atoms with van der Waals surface area (Å²) in [5, 5.41) is 8.68. The highest BCUT2D eigenvalue weighted by molar-refractivity contribution is 9.10. The molecule has 1 aromatic rings. The third-order valence-corrected chi connectivity index (χ3v) is 6.11. The van der Waals surface area contributed by atoms with Gasteiger partial charge in [-0.2, -0.15) is 9.57 Å². The van der Waals surface area contributed by atoms with Crippen molar-refractivity contribution in [1.29, 1.82) is 5.26 Å². The van der Waals surface area contributed by atoms with E-state index >= 15 is 0 Å². The largest absolute Gasteiger partial charge is 0.444 e. The maximum Gasteiger partial charge on any atom is 0.339 e. The van der Waals surface area contributed by atoms with Gasteiger partial charge in [0.2, 0.25) is 10.0 Å². The van der Waals surface area contributed by atoms with Gasteiger partial charge in [0.05, 0.1) is 23.7 Å². The number of nitrogens with zero attached hydrogens (tertiary/aromatic N) is 2. The van der Waals surface area contributed by atoms with Gasteiger partial charge in [-0.05, 0) is 41.1 Å². The van der Waals surface area contributed by atoms with Crippen LogP contribution < -0.4 is 0 Å². The van der Waals surface area contributed by atoms with Crippen LogP contribution in [-0.4, -0.2) is 51.1 Å². The molecule has 1 fully saturated rings. The molecule has 1 aliphatic rings. The first-order chi connectivity index (χ1) is 10.9. The van der Waals surface area contributed by atoms with Crippen molar-refractivity contribution in [1.82, 2.24) is 4.31 Å². The van der Waals surface area contributed by atoms with Gasteiger partial charge >= 0.3 is 5.97 Å². The molecule has 2 rings (SSSR count). The van der Waals surface area contributed by atoms with Crippen LogP contribution in [-0.2, 0) is 19.5 Å². The average molecular weight is 403 g/mol. The van der Waals surface area contributed by atoms with Gasteiger partial charge < -0.3 is 9.47 Å². The van der Waals surface area contributed by atoms with Crippen LogP contribution in [0.25, 0.3) is 0 Å². The lowest BCUT2D eigenvalue weighted by molar-refractivity contribution is 0.0435. The van der Waals surface area contributed by atoms with Gasteiger partial charge in [0, 0.05) is 17.6 Å². The second-order valence-corrected chi connectivity index (χ2v) is 7.60. The molecule has 0 saturated carbocycles. The minimum absolute atomic E-state index is 0.0153. The summed E-state index contributed by atoms with van der Waals surface area (Å²) in [7, 11) is -3.75. The number of hydrogen-bond donors (Lipinski definition) is 0. The molecule has 1 aliphatic heterocycles. The summed E-state index contributed by atoms with van der Waals surface area (Å²) < 4.78 is 37.1. The number of carbonyl (C=O) groups is 1. The number of halogens is 1. The minimum atomic E-state index is -3.75. The van der Waals surface area contributed by atoms with Crippen molar-refractivity contribution in [3.63, 3.8) is 0 Å². The Labute approximate surface area is 143 Å². The Morgan fingerprint density at radius 3 is 2.70 bits per heavy atom. The maximum atomic E-state index is 12.7. The van der Waals surface area contributed by atoms with E-state index in [1.54, 1.807) is 6.07 Å². The second-order valence-electron chi connectivity index (χ2n) is 4.84. The molecule has 0 aliphatic carbocycles. The van der Waals surface area contributed by atoms with Crippen LogP contribution in [0.3, 0.4) is 0 Å². The van der Waals surface area contributed by atoms with Crippen LogP contribution in [0.15, 0.2) is 27.6 Å². The number of morpholine rings is 1. The number of nitriles is 1. The van der Waals surface area contributed by atoms with E-state index in [9.17, 15) is 13.2 Å². The zero-order valence-electron chi connectivity index (χ0n) is 12.4. The van der Waals surface area contributed by atoms with Crippen molar-refractivity contribution in [2.75, 3.05) is 26.3 Å². The zero-order valence-corrected chi connectivity index (χ0v) is 14.8. The number of rotatable bonds is 4. The molecule has 0 aromatic heterocycles. The molecule has 23 heavy (non-hydrogen) atoms. The Morgan fingerprint density at radius 2 is 2.09 bits per heavy atom. The lowest BCUT2D eigenvalue weighted by atomic mass is 10.2. The third-order valence-electron chi connectivity index (χ3n) is 3.22. The standard InChI is InChI=1S/C14H15BrN2O5S/c1-10(9-16)22-14(18)11-2-3-12(15)13(8-11)23(19,20)17-4-6-21-7-5-17/h2-3,8,10H,4-7H2,1H3/t10-/m0/s1. The molecule has 7 nitrogen and oxygen atoms in total. The van der Waals surface area contributed by atoms with Gasteiger partial charge in [0.25, 0.3) is 0 Å². The number of sulfonamides is 1. The molecule has 1 saturated heterocycles. The SMILES string of the molecule is C[C@@H](C#N)OC(=O)c1ccc(Br)c(S(=O)(=O)N2CCOCC2)c1. The van der Waals surface area contributed by atoms with Gasteiger partial charge in [0.1, 0.15) is 6.07 Å². The molecule has 0 bridgehead atoms. The van der Waals surface area contributed by atoms with Crippen molar-refractivity contribution >= 4 is 31.9 Å². The van der Waals surface area contributed by atoms with Crippen molar-refractivity contribution in [3.8, 4) is 6.07 Å². The second kappa shape index (κ2) is 7.40. The van der Waals surface area contributed by atoms with Crippen molar-refractivity contribution in [2.45, 2.75) is 17.9 Å². The fraction of sp³-hybridized carbons (Fsp3) is 0.429. The van der Waals surface area contributed by atoms with Gasteiger partial charge in [-0.25, -0.2) is 13.2 Å². The van der Waals surface area contributed by atoms with Crippen LogP contribution in [0, 0.1) is 11.3 Å². The smallest absolute Gasteiger partial charge is 0.339 e. The van der Waals surface area contributed by atoms with E-state index in [0.29, 0.717) is 17.7 Å². The number of carbonyl (C=O) groups excluding carboxylic acids is 1. The summed E-state index contributed by atoms with van der Waals surface area (Å²) in [5.74, 6) is -0.745. The Hall–Kier alpha value is -1.47. The van der Waals surface area contributed by atoms with Crippen molar-refractivity contribution in [2.24, 2.45) is 0 Å². The van der Waals surface area contributed by atoms with Crippen LogP contribution in [0.5, 0.6) is 0 Å². The normalized spacial score (nSPS) is 17.3. The Bertz CT molecular complexity index is 738. The van der Waals surface area contributed by atoms with Gasteiger partial charge in [-0.3, -0.25) is 0 Å². The fourth-order valence-electron chi connectivity index (χ4n) is 2.01. The monoisotopic (exact) mass is 402 g/mol. The molecule has 124 valence electrons. The summed E-state index contributed by atoms with van der Waals surface area (Å²) in [6.45, 7) is 2.61. The summed E-state index contributed by atoms with van der Waals surface area (Å²) in [6.07, 6.45) is -0.912. The molecule has 1 aromatic carbocycles. The first-order valence-electron chi connectivity index (χ1n) is 6.84. The third kappa shape index (κ3) is 4.09. The number of hydrogen-bond acceptors (Lipinski definition) is 6. The van der Waals surface area contributed by atoms with E-state index in [1.807, 2.05) is 0 Å². The number of ether oxygens (including phenoxy) is 2. The molecule has 0 radical (unpaired) electrons. The molecule has 1 atom stereocenters. The highest BCUT2D eigenvalue weighted by atomic mass is 79.9. The predicted octanol–water partition coefficient (Wildman–Crippen LogP) is 1.54. The van der Waals surface area contributed by atoms with Crippen LogP contribution in [0.1, 0.15) is 17.3 Å². The molecular formula is C14H15BrN2O5S. The average Bonchev–Trinajstić information content (AvgIpc) is 2.55.